The second kappa shape index (κ2) is 9.57. The number of halogens is 1. The number of nitrogens with one attached hydrogen (secondary N) is 1. The Morgan fingerprint density at radius 2 is 1.80 bits per heavy atom. The van der Waals surface area contributed by atoms with Crippen LogP contribution in [0.3, 0.4) is 0 Å². The Balaban J connectivity index is 1.62. The van der Waals surface area contributed by atoms with Crippen LogP contribution in [0.5, 0.6) is 0 Å². The van der Waals surface area contributed by atoms with Crippen LogP contribution in [0.25, 0.3) is 0 Å². The first-order chi connectivity index (χ1) is 14.3. The van der Waals surface area contributed by atoms with Crippen molar-refractivity contribution in [3.05, 3.63) is 59.1 Å². The number of sulfonamides is 1. The van der Waals surface area contributed by atoms with Crippen LogP contribution in [-0.2, 0) is 24.3 Å². The van der Waals surface area contributed by atoms with Gasteiger partial charge >= 0.3 is 5.97 Å². The Morgan fingerprint density at radius 3 is 2.43 bits per heavy atom. The lowest BCUT2D eigenvalue weighted by Gasteiger charge is -2.26. The van der Waals surface area contributed by atoms with Gasteiger partial charge in [-0.25, -0.2) is 13.2 Å². The van der Waals surface area contributed by atoms with Crippen LogP contribution in [-0.4, -0.2) is 57.0 Å². The molecule has 1 aliphatic heterocycles. The molecule has 160 valence electrons. The van der Waals surface area contributed by atoms with Gasteiger partial charge in [0.15, 0.2) is 6.10 Å². The highest BCUT2D eigenvalue weighted by Gasteiger charge is 2.27. The molecule has 1 unspecified atom stereocenters. The SMILES string of the molecule is CC(OC(=O)c1ccc(S(=O)(=O)N2CCOCC2)cc1)C(=O)Nc1cccc(Cl)c1. The van der Waals surface area contributed by atoms with Crippen LogP contribution in [0.1, 0.15) is 17.3 Å². The Kier molecular flexibility index (Phi) is 7.09. The third kappa shape index (κ3) is 5.37. The van der Waals surface area contributed by atoms with Crippen molar-refractivity contribution in [2.24, 2.45) is 0 Å². The van der Waals surface area contributed by atoms with Crippen molar-refractivity contribution < 1.29 is 27.5 Å². The molecular formula is C20H21ClN2O6S. The minimum atomic E-state index is -3.65. The number of carbonyl (C=O) groups is 2. The minimum absolute atomic E-state index is 0.0766. The van der Waals surface area contributed by atoms with E-state index in [4.69, 9.17) is 21.1 Å². The molecule has 1 aliphatic rings. The van der Waals surface area contributed by atoms with Gasteiger partial charge in [-0.3, -0.25) is 4.79 Å². The largest absolute Gasteiger partial charge is 0.449 e. The first-order valence-corrected chi connectivity index (χ1v) is 11.0. The van der Waals surface area contributed by atoms with Gasteiger partial charge in [0.1, 0.15) is 0 Å². The third-order valence-corrected chi connectivity index (χ3v) is 6.59. The third-order valence-electron chi connectivity index (χ3n) is 4.44. The van der Waals surface area contributed by atoms with Crippen molar-refractivity contribution in [2.75, 3.05) is 31.6 Å². The number of nitrogens with zero attached hydrogens (tertiary/aromatic N) is 1. The molecule has 8 nitrogen and oxygen atoms in total. The summed E-state index contributed by atoms with van der Waals surface area (Å²) in [6, 6.07) is 12.0. The molecule has 1 atom stereocenters. The fourth-order valence-electron chi connectivity index (χ4n) is 2.79. The summed E-state index contributed by atoms with van der Waals surface area (Å²) in [5.74, 6) is -1.25. The molecule has 0 spiro atoms. The summed E-state index contributed by atoms with van der Waals surface area (Å²) in [6.45, 7) is 2.70. The number of amides is 1. The molecule has 0 saturated carbocycles. The molecular weight excluding hydrogens is 432 g/mol. The van der Waals surface area contributed by atoms with Crippen LogP contribution in [0.4, 0.5) is 5.69 Å². The van der Waals surface area contributed by atoms with E-state index in [0.29, 0.717) is 23.9 Å². The number of morpholine rings is 1. The van der Waals surface area contributed by atoms with E-state index in [9.17, 15) is 18.0 Å². The lowest BCUT2D eigenvalue weighted by Crippen LogP contribution is -2.40. The molecule has 1 heterocycles. The Morgan fingerprint density at radius 1 is 1.13 bits per heavy atom. The first kappa shape index (κ1) is 22.2. The zero-order valence-corrected chi connectivity index (χ0v) is 17.8. The number of ether oxygens (including phenoxy) is 2. The molecule has 1 amide bonds. The van der Waals surface area contributed by atoms with Crippen molar-refractivity contribution in [2.45, 2.75) is 17.9 Å². The average molecular weight is 453 g/mol. The molecule has 10 heteroatoms. The quantitative estimate of drug-likeness (QED) is 0.676. The molecule has 0 aliphatic carbocycles. The molecule has 30 heavy (non-hydrogen) atoms. The molecule has 1 saturated heterocycles. The van der Waals surface area contributed by atoms with Crippen molar-refractivity contribution in [3.63, 3.8) is 0 Å². The summed E-state index contributed by atoms with van der Waals surface area (Å²) in [7, 11) is -3.65. The van der Waals surface area contributed by atoms with Crippen molar-refractivity contribution in [1.82, 2.24) is 4.31 Å². The van der Waals surface area contributed by atoms with Gasteiger partial charge in [0.05, 0.1) is 23.7 Å². The van der Waals surface area contributed by atoms with Gasteiger partial charge in [0, 0.05) is 23.8 Å². The molecule has 2 aromatic rings. The van der Waals surface area contributed by atoms with Crippen LogP contribution in [0, 0.1) is 0 Å². The van der Waals surface area contributed by atoms with E-state index in [1.165, 1.54) is 35.5 Å². The Labute approximate surface area is 179 Å². The highest BCUT2D eigenvalue weighted by atomic mass is 35.5. The average Bonchev–Trinajstić information content (AvgIpc) is 2.74. The summed E-state index contributed by atoms with van der Waals surface area (Å²) in [4.78, 5) is 24.6. The fourth-order valence-corrected chi connectivity index (χ4v) is 4.39. The number of hydrogen-bond acceptors (Lipinski definition) is 6. The topological polar surface area (TPSA) is 102 Å². The van der Waals surface area contributed by atoms with E-state index in [1.54, 1.807) is 24.3 Å². The summed E-state index contributed by atoms with van der Waals surface area (Å²) in [6.07, 6.45) is -1.06. The fraction of sp³-hybridized carbons (Fsp3) is 0.300. The van der Waals surface area contributed by atoms with Gasteiger partial charge in [-0.05, 0) is 49.4 Å². The summed E-state index contributed by atoms with van der Waals surface area (Å²) >= 11 is 5.88. The van der Waals surface area contributed by atoms with Crippen molar-refractivity contribution in [1.29, 1.82) is 0 Å². The number of esters is 1. The predicted molar refractivity (Wildman–Crippen MR) is 111 cm³/mol. The summed E-state index contributed by atoms with van der Waals surface area (Å²) in [5.41, 5.74) is 0.617. The maximum atomic E-state index is 12.6. The van der Waals surface area contributed by atoms with E-state index in [0.717, 1.165) is 0 Å². The summed E-state index contributed by atoms with van der Waals surface area (Å²) in [5, 5.41) is 3.07. The van der Waals surface area contributed by atoms with E-state index < -0.39 is 28.0 Å². The summed E-state index contributed by atoms with van der Waals surface area (Å²) < 4.78 is 36.9. The molecule has 0 aromatic heterocycles. The predicted octanol–water partition coefficient (Wildman–Crippen LogP) is 2.54. The zero-order chi connectivity index (χ0) is 21.7. The van der Waals surface area contributed by atoms with Crippen LogP contribution < -0.4 is 5.32 Å². The lowest BCUT2D eigenvalue weighted by atomic mass is 10.2. The molecule has 3 rings (SSSR count). The number of carbonyl (C=O) groups excluding carboxylic acids is 2. The second-order valence-electron chi connectivity index (χ2n) is 6.59. The molecule has 0 radical (unpaired) electrons. The number of benzene rings is 2. The standard InChI is InChI=1S/C20H21ClN2O6S/c1-14(19(24)22-17-4-2-3-16(21)13-17)29-20(25)15-5-7-18(8-6-15)30(26,27)23-9-11-28-12-10-23/h2-8,13-14H,9-12H2,1H3,(H,22,24). The van der Waals surface area contributed by atoms with E-state index >= 15 is 0 Å². The highest BCUT2D eigenvalue weighted by Crippen LogP contribution is 2.19. The molecule has 1 N–H and O–H groups in total. The number of rotatable bonds is 6. The van der Waals surface area contributed by atoms with Gasteiger partial charge in [-0.2, -0.15) is 4.31 Å². The van der Waals surface area contributed by atoms with Gasteiger partial charge in [-0.1, -0.05) is 17.7 Å². The van der Waals surface area contributed by atoms with Gasteiger partial charge < -0.3 is 14.8 Å². The first-order valence-electron chi connectivity index (χ1n) is 9.23. The smallest absolute Gasteiger partial charge is 0.338 e. The molecule has 2 aromatic carbocycles. The van der Waals surface area contributed by atoms with E-state index in [1.807, 2.05) is 0 Å². The molecule has 0 bridgehead atoms. The van der Waals surface area contributed by atoms with Gasteiger partial charge in [0.25, 0.3) is 5.91 Å². The second-order valence-corrected chi connectivity index (χ2v) is 8.96. The zero-order valence-electron chi connectivity index (χ0n) is 16.2. The highest BCUT2D eigenvalue weighted by molar-refractivity contribution is 7.89. The van der Waals surface area contributed by atoms with Crippen LogP contribution in [0.15, 0.2) is 53.4 Å². The lowest BCUT2D eigenvalue weighted by molar-refractivity contribution is -0.123. The van der Waals surface area contributed by atoms with Crippen LogP contribution >= 0.6 is 11.6 Å². The maximum absolute atomic E-state index is 12.6. The van der Waals surface area contributed by atoms with Gasteiger partial charge in [-0.15, -0.1) is 0 Å². The monoisotopic (exact) mass is 452 g/mol. The normalized spacial score (nSPS) is 15.9. The van der Waals surface area contributed by atoms with E-state index in [2.05, 4.69) is 5.32 Å². The van der Waals surface area contributed by atoms with Gasteiger partial charge in [0.2, 0.25) is 10.0 Å². The van der Waals surface area contributed by atoms with Crippen LogP contribution in [0.2, 0.25) is 5.02 Å². The Bertz CT molecular complexity index is 1020. The Hall–Kier alpha value is -2.46. The number of anilines is 1. The maximum Gasteiger partial charge on any atom is 0.338 e. The van der Waals surface area contributed by atoms with E-state index in [-0.39, 0.29) is 23.5 Å². The molecule has 1 fully saturated rings. The van der Waals surface area contributed by atoms with Crippen molar-refractivity contribution in [3.8, 4) is 0 Å². The van der Waals surface area contributed by atoms with Crippen molar-refractivity contribution >= 4 is 39.2 Å². The number of hydrogen-bond donors (Lipinski definition) is 1. The minimum Gasteiger partial charge on any atom is -0.449 e.